The van der Waals surface area contributed by atoms with Crippen molar-refractivity contribution in [2.45, 2.75) is 26.6 Å². The van der Waals surface area contributed by atoms with Crippen LogP contribution >= 0.6 is 23.8 Å². The molecule has 136 valence electrons. The Kier molecular flexibility index (Phi) is 5.85. The first kappa shape index (κ1) is 18.3. The van der Waals surface area contributed by atoms with Gasteiger partial charge in [0.15, 0.2) is 10.9 Å². The van der Waals surface area contributed by atoms with Crippen molar-refractivity contribution in [3.63, 3.8) is 0 Å². The van der Waals surface area contributed by atoms with E-state index < -0.39 is 0 Å². The molecular formula is C17H18ClFN6S. The van der Waals surface area contributed by atoms with Crippen molar-refractivity contribution in [2.75, 3.05) is 5.32 Å². The van der Waals surface area contributed by atoms with E-state index in [1.807, 2.05) is 17.8 Å². The average Bonchev–Trinajstić information content (AvgIpc) is 3.25. The van der Waals surface area contributed by atoms with E-state index >= 15 is 0 Å². The number of hydrogen-bond acceptors (Lipinski definition) is 3. The first-order chi connectivity index (χ1) is 12.5. The zero-order valence-corrected chi connectivity index (χ0v) is 15.7. The first-order valence-electron chi connectivity index (χ1n) is 8.07. The summed E-state index contributed by atoms with van der Waals surface area (Å²) in [5, 5.41) is 15.5. The molecule has 0 amide bonds. The lowest BCUT2D eigenvalue weighted by Crippen LogP contribution is -2.28. The van der Waals surface area contributed by atoms with Crippen molar-refractivity contribution in [1.82, 2.24) is 24.9 Å². The molecule has 2 N–H and O–H groups in total. The first-order valence-corrected chi connectivity index (χ1v) is 8.86. The number of thiocarbonyl (C=S) groups is 1. The van der Waals surface area contributed by atoms with Gasteiger partial charge in [-0.1, -0.05) is 17.7 Å². The van der Waals surface area contributed by atoms with E-state index in [1.165, 1.54) is 6.07 Å². The van der Waals surface area contributed by atoms with Gasteiger partial charge in [0.1, 0.15) is 5.82 Å². The van der Waals surface area contributed by atoms with Crippen LogP contribution in [0.15, 0.2) is 42.9 Å². The molecule has 3 rings (SSSR count). The number of nitrogens with zero attached hydrogens (tertiary/aromatic N) is 4. The lowest BCUT2D eigenvalue weighted by molar-refractivity contribution is 0.586. The van der Waals surface area contributed by atoms with Crippen LogP contribution in [0.2, 0.25) is 5.02 Å². The van der Waals surface area contributed by atoms with Gasteiger partial charge in [0.2, 0.25) is 0 Å². The van der Waals surface area contributed by atoms with E-state index in [-0.39, 0.29) is 12.4 Å². The second-order valence-corrected chi connectivity index (χ2v) is 6.43. The molecule has 2 heterocycles. The van der Waals surface area contributed by atoms with Crippen LogP contribution in [0.3, 0.4) is 0 Å². The van der Waals surface area contributed by atoms with Crippen LogP contribution in [-0.4, -0.2) is 24.7 Å². The normalized spacial score (nSPS) is 10.7. The van der Waals surface area contributed by atoms with Crippen LogP contribution in [0.5, 0.6) is 0 Å². The molecule has 2 aromatic heterocycles. The van der Waals surface area contributed by atoms with Crippen LogP contribution in [-0.2, 0) is 19.6 Å². The van der Waals surface area contributed by atoms with E-state index in [4.69, 9.17) is 23.8 Å². The maximum absolute atomic E-state index is 13.9. The molecule has 0 radical (unpaired) electrons. The number of aryl methyl sites for hydroxylation is 1. The van der Waals surface area contributed by atoms with Gasteiger partial charge in [-0.15, -0.1) is 0 Å². The molecule has 0 fully saturated rings. The van der Waals surface area contributed by atoms with E-state index in [2.05, 4.69) is 20.8 Å². The van der Waals surface area contributed by atoms with Crippen molar-refractivity contribution in [3.05, 3.63) is 64.8 Å². The minimum Gasteiger partial charge on any atom is -0.358 e. The van der Waals surface area contributed by atoms with Gasteiger partial charge in [0.05, 0.1) is 12.7 Å². The summed E-state index contributed by atoms with van der Waals surface area (Å²) in [6.07, 6.45) is 5.49. The summed E-state index contributed by atoms with van der Waals surface area (Å²) in [6.45, 7) is 3.66. The molecule has 0 spiro atoms. The third-order valence-electron chi connectivity index (χ3n) is 3.73. The zero-order chi connectivity index (χ0) is 18.5. The lowest BCUT2D eigenvalue weighted by atomic mass is 10.2. The van der Waals surface area contributed by atoms with Crippen molar-refractivity contribution >= 4 is 34.7 Å². The third kappa shape index (κ3) is 4.59. The molecule has 0 saturated heterocycles. The fourth-order valence-corrected chi connectivity index (χ4v) is 2.77. The van der Waals surface area contributed by atoms with Crippen LogP contribution in [0.4, 0.5) is 10.2 Å². The van der Waals surface area contributed by atoms with E-state index in [1.54, 1.807) is 35.3 Å². The zero-order valence-electron chi connectivity index (χ0n) is 14.1. The van der Waals surface area contributed by atoms with Crippen LogP contribution in [0, 0.1) is 5.82 Å². The highest BCUT2D eigenvalue weighted by Gasteiger charge is 2.09. The average molecular weight is 393 g/mol. The second kappa shape index (κ2) is 8.29. The van der Waals surface area contributed by atoms with E-state index in [0.29, 0.717) is 28.1 Å². The molecule has 0 unspecified atom stereocenters. The molecule has 0 aliphatic rings. The summed E-state index contributed by atoms with van der Waals surface area (Å²) in [5.41, 5.74) is 1.44. The number of halogens is 2. The maximum atomic E-state index is 13.9. The fraction of sp³-hybridized carbons (Fsp3) is 0.235. The molecule has 0 aliphatic carbocycles. The Morgan fingerprint density at radius 2 is 2.15 bits per heavy atom. The van der Waals surface area contributed by atoms with Gasteiger partial charge in [0.25, 0.3) is 0 Å². The summed E-state index contributed by atoms with van der Waals surface area (Å²) < 4.78 is 17.3. The summed E-state index contributed by atoms with van der Waals surface area (Å²) in [6, 6.07) is 6.37. The Balaban J connectivity index is 1.55. The van der Waals surface area contributed by atoms with Gasteiger partial charge in [-0.3, -0.25) is 9.36 Å². The van der Waals surface area contributed by atoms with Gasteiger partial charge < -0.3 is 10.6 Å². The second-order valence-electron chi connectivity index (χ2n) is 5.61. The summed E-state index contributed by atoms with van der Waals surface area (Å²) >= 11 is 11.3. The van der Waals surface area contributed by atoms with Crippen molar-refractivity contribution in [3.8, 4) is 0 Å². The number of benzene rings is 1. The Morgan fingerprint density at radius 3 is 2.88 bits per heavy atom. The van der Waals surface area contributed by atoms with Crippen LogP contribution < -0.4 is 10.6 Å². The molecule has 0 aliphatic heterocycles. The topological polar surface area (TPSA) is 59.7 Å². The minimum absolute atomic E-state index is 0.240. The largest absolute Gasteiger partial charge is 0.358 e. The van der Waals surface area contributed by atoms with Gasteiger partial charge in [0, 0.05) is 47.7 Å². The van der Waals surface area contributed by atoms with Crippen molar-refractivity contribution in [1.29, 1.82) is 0 Å². The van der Waals surface area contributed by atoms with E-state index in [9.17, 15) is 4.39 Å². The highest BCUT2D eigenvalue weighted by molar-refractivity contribution is 7.80. The maximum Gasteiger partial charge on any atom is 0.172 e. The predicted molar refractivity (Wildman–Crippen MR) is 104 cm³/mol. The van der Waals surface area contributed by atoms with Crippen LogP contribution in [0.1, 0.15) is 18.1 Å². The fourth-order valence-electron chi connectivity index (χ4n) is 2.38. The molecule has 9 heteroatoms. The Morgan fingerprint density at radius 1 is 1.31 bits per heavy atom. The number of hydrogen-bond donors (Lipinski definition) is 2. The van der Waals surface area contributed by atoms with Crippen molar-refractivity contribution < 1.29 is 4.39 Å². The number of anilines is 1. The number of aromatic nitrogens is 4. The van der Waals surface area contributed by atoms with Gasteiger partial charge >= 0.3 is 0 Å². The molecule has 0 atom stereocenters. The SMILES string of the molecule is CCn1cc(CNC(=S)Nc2ccn(Cc3c(F)cccc3Cl)n2)cn1. The third-order valence-corrected chi connectivity index (χ3v) is 4.33. The Bertz CT molecular complexity index is 886. The molecule has 0 bridgehead atoms. The number of nitrogens with one attached hydrogen (secondary N) is 2. The summed E-state index contributed by atoms with van der Waals surface area (Å²) in [7, 11) is 0. The van der Waals surface area contributed by atoms with E-state index in [0.717, 1.165) is 12.1 Å². The summed E-state index contributed by atoms with van der Waals surface area (Å²) in [4.78, 5) is 0. The highest BCUT2D eigenvalue weighted by atomic mass is 35.5. The molecule has 26 heavy (non-hydrogen) atoms. The predicted octanol–water partition coefficient (Wildman–Crippen LogP) is 3.43. The van der Waals surface area contributed by atoms with Crippen LogP contribution in [0.25, 0.3) is 0 Å². The number of rotatable bonds is 6. The van der Waals surface area contributed by atoms with Gasteiger partial charge in [-0.2, -0.15) is 10.2 Å². The standard InChI is InChI=1S/C17H18ClFN6S/c1-2-24-10-12(9-21-24)8-20-17(26)22-16-6-7-25(23-16)11-13-14(18)4-3-5-15(13)19/h3-7,9-10H,2,8,11H2,1H3,(H2,20,22,23,26). The smallest absolute Gasteiger partial charge is 0.172 e. The van der Waals surface area contributed by atoms with Gasteiger partial charge in [-0.05, 0) is 31.3 Å². The monoisotopic (exact) mass is 392 g/mol. The quantitative estimate of drug-likeness (QED) is 0.629. The highest BCUT2D eigenvalue weighted by Crippen LogP contribution is 2.20. The Labute approximate surface area is 161 Å². The van der Waals surface area contributed by atoms with Gasteiger partial charge in [-0.25, -0.2) is 4.39 Å². The molecule has 0 saturated carbocycles. The minimum atomic E-state index is -0.354. The molecular weight excluding hydrogens is 375 g/mol. The molecule has 1 aromatic carbocycles. The Hall–Kier alpha value is -2.45. The lowest BCUT2D eigenvalue weighted by Gasteiger charge is -2.08. The molecule has 3 aromatic rings. The molecule has 6 nitrogen and oxygen atoms in total. The van der Waals surface area contributed by atoms with Crippen molar-refractivity contribution in [2.24, 2.45) is 0 Å². The summed E-state index contributed by atoms with van der Waals surface area (Å²) in [5.74, 6) is 0.214.